The Bertz CT molecular complexity index is 492. The van der Waals surface area contributed by atoms with Gasteiger partial charge in [0.25, 0.3) is 5.91 Å². The summed E-state index contributed by atoms with van der Waals surface area (Å²) in [5.74, 6) is 0.578. The zero-order chi connectivity index (χ0) is 13.4. The highest BCUT2D eigenvalue weighted by molar-refractivity contribution is 5.94. The maximum Gasteiger partial charge on any atom is 0.253 e. The summed E-state index contributed by atoms with van der Waals surface area (Å²) in [5, 5.41) is 9.29. The van der Waals surface area contributed by atoms with Gasteiger partial charge < -0.3 is 10.0 Å². The van der Waals surface area contributed by atoms with Crippen molar-refractivity contribution in [3.8, 4) is 0 Å². The molecule has 0 saturated heterocycles. The Balaban J connectivity index is 1.66. The molecule has 3 rings (SSSR count). The van der Waals surface area contributed by atoms with Crippen LogP contribution in [0.2, 0.25) is 0 Å². The molecular formula is C16H21NO2. The lowest BCUT2D eigenvalue weighted by Crippen LogP contribution is -2.39. The number of hydrogen-bond acceptors (Lipinski definition) is 2. The maximum atomic E-state index is 12.4. The van der Waals surface area contributed by atoms with E-state index in [0.29, 0.717) is 5.92 Å². The summed E-state index contributed by atoms with van der Waals surface area (Å²) in [7, 11) is 1.86. The van der Waals surface area contributed by atoms with E-state index in [4.69, 9.17) is 0 Å². The van der Waals surface area contributed by atoms with Gasteiger partial charge in [0.2, 0.25) is 0 Å². The van der Waals surface area contributed by atoms with Crippen LogP contribution in [0.15, 0.2) is 18.2 Å². The normalized spacial score (nSPS) is 24.7. The SMILES string of the molecule is CN(CC1CC(O)C1)C(=O)c1ccc2c(c1)CCC2. The van der Waals surface area contributed by atoms with E-state index >= 15 is 0 Å². The summed E-state index contributed by atoms with van der Waals surface area (Å²) in [6.45, 7) is 0.757. The molecule has 1 N–H and O–H groups in total. The minimum atomic E-state index is -0.145. The standard InChI is InChI=1S/C16H21NO2/c1-17(10-11-7-15(18)8-11)16(19)14-6-5-12-3-2-4-13(12)9-14/h5-6,9,11,15,18H,2-4,7-8,10H2,1H3. The molecule has 0 atom stereocenters. The number of rotatable bonds is 3. The molecule has 2 aliphatic rings. The number of nitrogens with zero attached hydrogens (tertiary/aromatic N) is 1. The highest BCUT2D eigenvalue weighted by Gasteiger charge is 2.29. The van der Waals surface area contributed by atoms with Crippen molar-refractivity contribution in [1.82, 2.24) is 4.90 Å². The minimum absolute atomic E-state index is 0.107. The van der Waals surface area contributed by atoms with Gasteiger partial charge in [-0.05, 0) is 61.3 Å². The van der Waals surface area contributed by atoms with Crippen molar-refractivity contribution in [1.29, 1.82) is 0 Å². The van der Waals surface area contributed by atoms with Gasteiger partial charge in [0.1, 0.15) is 0 Å². The number of hydrogen-bond donors (Lipinski definition) is 1. The van der Waals surface area contributed by atoms with Gasteiger partial charge in [-0.25, -0.2) is 0 Å². The third kappa shape index (κ3) is 2.52. The number of aliphatic hydroxyl groups is 1. The first kappa shape index (κ1) is 12.7. The molecule has 0 heterocycles. The summed E-state index contributed by atoms with van der Waals surface area (Å²) in [5.41, 5.74) is 3.56. The number of aliphatic hydroxyl groups excluding tert-OH is 1. The van der Waals surface area contributed by atoms with Crippen molar-refractivity contribution in [3.05, 3.63) is 34.9 Å². The molecule has 3 nitrogen and oxygen atoms in total. The van der Waals surface area contributed by atoms with Crippen LogP contribution in [0.5, 0.6) is 0 Å². The molecule has 0 unspecified atom stereocenters. The molecule has 19 heavy (non-hydrogen) atoms. The van der Waals surface area contributed by atoms with Crippen molar-refractivity contribution in [2.24, 2.45) is 5.92 Å². The minimum Gasteiger partial charge on any atom is -0.393 e. The first-order chi connectivity index (χ1) is 9.13. The molecule has 0 bridgehead atoms. The Morgan fingerprint density at radius 2 is 2.05 bits per heavy atom. The third-order valence-corrected chi connectivity index (χ3v) is 4.44. The first-order valence-corrected chi connectivity index (χ1v) is 7.19. The zero-order valence-corrected chi connectivity index (χ0v) is 11.4. The van der Waals surface area contributed by atoms with Crippen molar-refractivity contribution in [2.75, 3.05) is 13.6 Å². The van der Waals surface area contributed by atoms with Crippen LogP contribution in [0.25, 0.3) is 0 Å². The third-order valence-electron chi connectivity index (χ3n) is 4.44. The van der Waals surface area contributed by atoms with E-state index < -0.39 is 0 Å². The van der Waals surface area contributed by atoms with Crippen molar-refractivity contribution >= 4 is 5.91 Å². The Kier molecular flexibility index (Phi) is 3.31. The lowest BCUT2D eigenvalue weighted by atomic mass is 9.82. The van der Waals surface area contributed by atoms with Gasteiger partial charge >= 0.3 is 0 Å². The number of fused-ring (bicyclic) bond motifs is 1. The van der Waals surface area contributed by atoms with Crippen molar-refractivity contribution in [2.45, 2.75) is 38.2 Å². The topological polar surface area (TPSA) is 40.5 Å². The van der Waals surface area contributed by atoms with Crippen LogP contribution >= 0.6 is 0 Å². The number of carbonyl (C=O) groups is 1. The molecule has 1 saturated carbocycles. The number of benzene rings is 1. The summed E-state index contributed by atoms with van der Waals surface area (Å²) < 4.78 is 0. The van der Waals surface area contributed by atoms with E-state index in [2.05, 4.69) is 12.1 Å². The molecule has 1 aromatic rings. The van der Waals surface area contributed by atoms with Crippen molar-refractivity contribution < 1.29 is 9.90 Å². The van der Waals surface area contributed by atoms with E-state index in [1.165, 1.54) is 17.5 Å². The van der Waals surface area contributed by atoms with Crippen molar-refractivity contribution in [3.63, 3.8) is 0 Å². The molecule has 0 aliphatic heterocycles. The number of aryl methyl sites for hydroxylation is 2. The maximum absolute atomic E-state index is 12.4. The monoisotopic (exact) mass is 259 g/mol. The molecule has 1 amide bonds. The highest BCUT2D eigenvalue weighted by Crippen LogP contribution is 2.28. The van der Waals surface area contributed by atoms with Crippen LogP contribution in [0.3, 0.4) is 0 Å². The van der Waals surface area contributed by atoms with Crippen LogP contribution < -0.4 is 0 Å². The molecule has 1 aromatic carbocycles. The predicted octanol–water partition coefficient (Wildman–Crippen LogP) is 2.02. The van der Waals surface area contributed by atoms with Crippen LogP contribution in [0, 0.1) is 5.92 Å². The molecule has 2 aliphatic carbocycles. The Morgan fingerprint density at radius 3 is 2.79 bits per heavy atom. The van der Waals surface area contributed by atoms with E-state index in [-0.39, 0.29) is 12.0 Å². The van der Waals surface area contributed by atoms with Crippen LogP contribution in [0.4, 0.5) is 0 Å². The molecule has 3 heteroatoms. The Labute approximate surface area is 114 Å². The van der Waals surface area contributed by atoms with Crippen LogP contribution in [-0.2, 0) is 12.8 Å². The molecule has 1 fully saturated rings. The van der Waals surface area contributed by atoms with Crippen LogP contribution in [-0.4, -0.2) is 35.6 Å². The molecular weight excluding hydrogens is 238 g/mol. The second kappa shape index (κ2) is 4.97. The fraction of sp³-hybridized carbons (Fsp3) is 0.562. The Morgan fingerprint density at radius 1 is 1.32 bits per heavy atom. The summed E-state index contributed by atoms with van der Waals surface area (Å²) in [4.78, 5) is 14.2. The van der Waals surface area contributed by atoms with Gasteiger partial charge in [-0.2, -0.15) is 0 Å². The summed E-state index contributed by atoms with van der Waals surface area (Å²) in [6, 6.07) is 6.13. The lowest BCUT2D eigenvalue weighted by Gasteiger charge is -2.34. The molecule has 0 aromatic heterocycles. The fourth-order valence-corrected chi connectivity index (χ4v) is 3.25. The van der Waals surface area contributed by atoms with Gasteiger partial charge in [-0.15, -0.1) is 0 Å². The summed E-state index contributed by atoms with van der Waals surface area (Å²) in [6.07, 6.45) is 4.99. The second-order valence-corrected chi connectivity index (χ2v) is 6.01. The lowest BCUT2D eigenvalue weighted by molar-refractivity contribution is 0.0265. The highest BCUT2D eigenvalue weighted by atomic mass is 16.3. The van der Waals surface area contributed by atoms with Gasteiger partial charge in [-0.3, -0.25) is 4.79 Å². The van der Waals surface area contributed by atoms with Gasteiger partial charge in [-0.1, -0.05) is 6.07 Å². The van der Waals surface area contributed by atoms with E-state index in [1.54, 1.807) is 4.90 Å². The second-order valence-electron chi connectivity index (χ2n) is 6.01. The van der Waals surface area contributed by atoms with Gasteiger partial charge in [0.05, 0.1) is 6.10 Å². The smallest absolute Gasteiger partial charge is 0.253 e. The fourth-order valence-electron chi connectivity index (χ4n) is 3.25. The van der Waals surface area contributed by atoms with E-state index in [9.17, 15) is 9.90 Å². The van der Waals surface area contributed by atoms with Gasteiger partial charge in [0.15, 0.2) is 0 Å². The zero-order valence-electron chi connectivity index (χ0n) is 11.4. The Hall–Kier alpha value is -1.35. The number of carbonyl (C=O) groups excluding carboxylic acids is 1. The quantitative estimate of drug-likeness (QED) is 0.902. The van der Waals surface area contributed by atoms with E-state index in [1.807, 2.05) is 13.1 Å². The largest absolute Gasteiger partial charge is 0.393 e. The summed E-state index contributed by atoms with van der Waals surface area (Å²) >= 11 is 0. The predicted molar refractivity (Wildman–Crippen MR) is 74.2 cm³/mol. The first-order valence-electron chi connectivity index (χ1n) is 7.19. The van der Waals surface area contributed by atoms with E-state index in [0.717, 1.165) is 37.8 Å². The molecule has 0 radical (unpaired) electrons. The average molecular weight is 259 g/mol. The van der Waals surface area contributed by atoms with Gasteiger partial charge in [0, 0.05) is 19.2 Å². The number of amides is 1. The van der Waals surface area contributed by atoms with Crippen LogP contribution in [0.1, 0.15) is 40.7 Å². The molecule has 0 spiro atoms. The molecule has 102 valence electrons. The average Bonchev–Trinajstić information content (AvgIpc) is 2.83.